The van der Waals surface area contributed by atoms with E-state index in [1.54, 1.807) is 6.21 Å². The highest BCUT2D eigenvalue weighted by Crippen LogP contribution is 2.37. The average molecular weight is 417 g/mol. The lowest BCUT2D eigenvalue weighted by atomic mass is 9.91. The van der Waals surface area contributed by atoms with Gasteiger partial charge in [0, 0.05) is 12.2 Å². The van der Waals surface area contributed by atoms with E-state index in [9.17, 15) is 13.2 Å². The highest BCUT2D eigenvalue weighted by Gasteiger charge is 2.35. The molecule has 2 N–H and O–H groups in total. The molecule has 0 saturated heterocycles. The molecule has 1 saturated carbocycles. The van der Waals surface area contributed by atoms with Crippen LogP contribution in [0.5, 0.6) is 5.75 Å². The minimum atomic E-state index is -4.48. The maximum atomic E-state index is 13.1. The van der Waals surface area contributed by atoms with Crippen LogP contribution in [0.15, 0.2) is 41.7 Å². The summed E-state index contributed by atoms with van der Waals surface area (Å²) in [6.45, 7) is 1.08. The molecule has 1 aromatic carbocycles. The Hall–Kier alpha value is -2.94. The molecule has 156 valence electrons. The van der Waals surface area contributed by atoms with Gasteiger partial charge >= 0.3 is 6.18 Å². The molecule has 0 radical (unpaired) electrons. The Morgan fingerprint density at radius 2 is 2.13 bits per heavy atom. The molecule has 3 aromatic rings. The molecule has 2 aliphatic rings. The summed E-state index contributed by atoms with van der Waals surface area (Å²) in [7, 11) is 0. The van der Waals surface area contributed by atoms with Gasteiger partial charge in [-0.3, -0.25) is 0 Å². The van der Waals surface area contributed by atoms with Crippen molar-refractivity contribution in [3.63, 3.8) is 0 Å². The summed E-state index contributed by atoms with van der Waals surface area (Å²) in [4.78, 5) is 13.6. The van der Waals surface area contributed by atoms with E-state index in [-0.39, 0.29) is 23.1 Å². The largest absolute Gasteiger partial charge is 0.491 e. The lowest BCUT2D eigenvalue weighted by molar-refractivity contribution is -0.365. The van der Waals surface area contributed by atoms with Crippen molar-refractivity contribution in [2.45, 2.75) is 31.0 Å². The topological polar surface area (TPSA) is 73.6 Å². The van der Waals surface area contributed by atoms with Crippen LogP contribution in [0.1, 0.15) is 30.0 Å². The fraction of sp³-hybridized carbons (Fsp3) is 0.381. The second-order valence-corrected chi connectivity index (χ2v) is 7.66. The van der Waals surface area contributed by atoms with Crippen LogP contribution in [0.25, 0.3) is 11.0 Å². The van der Waals surface area contributed by atoms with Crippen LogP contribution in [0.3, 0.4) is 0 Å². The lowest BCUT2D eigenvalue weighted by Gasteiger charge is -2.30. The minimum absolute atomic E-state index is 0.127. The van der Waals surface area contributed by atoms with Crippen LogP contribution in [0.2, 0.25) is 0 Å². The van der Waals surface area contributed by atoms with Crippen molar-refractivity contribution in [1.82, 2.24) is 9.97 Å². The lowest BCUT2D eigenvalue weighted by Crippen LogP contribution is -2.34. The van der Waals surface area contributed by atoms with Crippen molar-refractivity contribution >= 4 is 23.1 Å². The number of rotatable bonds is 5. The van der Waals surface area contributed by atoms with Crippen LogP contribution in [-0.2, 0) is 10.9 Å². The zero-order chi connectivity index (χ0) is 20.7. The number of H-pyrrole nitrogens is 2. The number of hydrogen-bond donors (Lipinski definition) is 1. The van der Waals surface area contributed by atoms with E-state index in [4.69, 9.17) is 9.47 Å². The zero-order valence-corrected chi connectivity index (χ0v) is 15.9. The molecule has 9 heteroatoms. The standard InChI is InChI=1S/C21H19F3N4O2/c22-21(23,24)18-7-14-19(26-11-27-20(14)28-18)25-8-15-13-3-1-2-4-16(13)30-10-17(15)29-9-12-5-6-12/h1-4,7-8,11-12,15,17H,5-6,9-10H2,(H,26,27,28)/p+1/b25-8-/t15?,17-/m0/s1. The smallest absolute Gasteiger partial charge is 0.431 e. The monoisotopic (exact) mass is 417 g/mol. The number of fused-ring (bicyclic) bond motifs is 2. The van der Waals surface area contributed by atoms with Crippen molar-refractivity contribution in [2.75, 3.05) is 13.2 Å². The summed E-state index contributed by atoms with van der Waals surface area (Å²) in [6.07, 6.45) is 0.723. The molecule has 0 spiro atoms. The molecular formula is C21H20F3N4O2+. The number of aromatic nitrogens is 3. The Bertz CT molecular complexity index is 1090. The van der Waals surface area contributed by atoms with Crippen molar-refractivity contribution < 1.29 is 27.6 Å². The Balaban J connectivity index is 1.48. The fourth-order valence-electron chi connectivity index (χ4n) is 3.61. The van der Waals surface area contributed by atoms with Gasteiger partial charge in [0.15, 0.2) is 0 Å². The molecule has 0 amide bonds. The van der Waals surface area contributed by atoms with Gasteiger partial charge in [0.05, 0.1) is 12.1 Å². The van der Waals surface area contributed by atoms with Crippen LogP contribution in [0.4, 0.5) is 19.0 Å². The zero-order valence-electron chi connectivity index (χ0n) is 15.9. The third-order valence-electron chi connectivity index (χ3n) is 5.44. The molecule has 1 fully saturated rings. The summed E-state index contributed by atoms with van der Waals surface area (Å²) in [6, 6.07) is 8.70. The van der Waals surface area contributed by atoms with Crippen LogP contribution in [-0.4, -0.2) is 35.5 Å². The number of ether oxygens (including phenoxy) is 2. The summed E-state index contributed by atoms with van der Waals surface area (Å²) >= 11 is 0. The number of alkyl halides is 3. The molecule has 0 bridgehead atoms. The van der Waals surface area contributed by atoms with E-state index < -0.39 is 11.9 Å². The SMILES string of the molecule is FC(F)(F)c1cc2c(/N=C\C3c4ccccc4OC[C@@H]3OCC3CC3)[nH+]cnc2[nH]1. The van der Waals surface area contributed by atoms with E-state index >= 15 is 0 Å². The molecule has 6 nitrogen and oxygen atoms in total. The molecular weight excluding hydrogens is 397 g/mol. The second-order valence-electron chi connectivity index (χ2n) is 7.66. The molecule has 3 heterocycles. The number of aliphatic imine (C=N–C) groups is 1. The highest BCUT2D eigenvalue weighted by atomic mass is 19.4. The second kappa shape index (κ2) is 7.39. The first-order valence-corrected chi connectivity index (χ1v) is 9.83. The highest BCUT2D eigenvalue weighted by molar-refractivity contribution is 5.87. The van der Waals surface area contributed by atoms with Crippen LogP contribution in [0, 0.1) is 5.92 Å². The van der Waals surface area contributed by atoms with E-state index in [2.05, 4.69) is 19.9 Å². The number of halogens is 3. The van der Waals surface area contributed by atoms with Gasteiger partial charge in [0.25, 0.3) is 5.82 Å². The van der Waals surface area contributed by atoms with E-state index in [0.29, 0.717) is 24.9 Å². The van der Waals surface area contributed by atoms with Gasteiger partial charge < -0.3 is 14.5 Å². The third-order valence-corrected chi connectivity index (χ3v) is 5.44. The first-order valence-electron chi connectivity index (χ1n) is 9.83. The Kier molecular flexibility index (Phi) is 4.69. The Morgan fingerprint density at radius 3 is 2.93 bits per heavy atom. The van der Waals surface area contributed by atoms with Gasteiger partial charge in [-0.15, -0.1) is 4.99 Å². The van der Waals surface area contributed by atoms with Crippen molar-refractivity contribution in [2.24, 2.45) is 10.9 Å². The number of aromatic amines is 2. The molecule has 2 aromatic heterocycles. The number of benzene rings is 1. The van der Waals surface area contributed by atoms with E-state index in [1.807, 2.05) is 24.3 Å². The summed E-state index contributed by atoms with van der Waals surface area (Å²) in [5.41, 5.74) is 0.217. The average Bonchev–Trinajstić information content (AvgIpc) is 3.45. The van der Waals surface area contributed by atoms with Gasteiger partial charge in [-0.1, -0.05) is 23.2 Å². The summed E-state index contributed by atoms with van der Waals surface area (Å²) < 4.78 is 51.2. The normalized spacial score (nSPS) is 21.7. The number of nitrogens with one attached hydrogen (secondary N) is 2. The van der Waals surface area contributed by atoms with Gasteiger partial charge in [0.2, 0.25) is 12.0 Å². The molecule has 5 rings (SSSR count). The molecule has 2 atom stereocenters. The van der Waals surface area contributed by atoms with Crippen LogP contribution >= 0.6 is 0 Å². The van der Waals surface area contributed by atoms with Gasteiger partial charge in [-0.05, 0) is 30.9 Å². The predicted octanol–water partition coefficient (Wildman–Crippen LogP) is 4.07. The fourth-order valence-corrected chi connectivity index (χ4v) is 3.61. The quantitative estimate of drug-likeness (QED) is 0.636. The maximum absolute atomic E-state index is 13.1. The number of hydrogen-bond acceptors (Lipinski definition) is 4. The van der Waals surface area contributed by atoms with Gasteiger partial charge in [0.1, 0.15) is 29.5 Å². The van der Waals surface area contributed by atoms with Crippen molar-refractivity contribution in [3.05, 3.63) is 47.9 Å². The van der Waals surface area contributed by atoms with Crippen molar-refractivity contribution in [3.8, 4) is 5.75 Å². The summed E-state index contributed by atoms with van der Waals surface area (Å²) in [5, 5.41) is 0.275. The molecule has 1 aliphatic heterocycles. The molecule has 1 aliphatic carbocycles. The maximum Gasteiger partial charge on any atom is 0.431 e. The first kappa shape index (κ1) is 19.0. The van der Waals surface area contributed by atoms with Crippen molar-refractivity contribution in [1.29, 1.82) is 0 Å². The Morgan fingerprint density at radius 1 is 1.30 bits per heavy atom. The molecule has 30 heavy (non-hydrogen) atoms. The predicted molar refractivity (Wildman–Crippen MR) is 103 cm³/mol. The van der Waals surface area contributed by atoms with E-state index in [1.165, 1.54) is 19.2 Å². The van der Waals surface area contributed by atoms with E-state index in [0.717, 1.165) is 17.4 Å². The van der Waals surface area contributed by atoms with Gasteiger partial charge in [-0.25, -0.2) is 4.98 Å². The summed E-state index contributed by atoms with van der Waals surface area (Å²) in [5.74, 6) is 1.50. The first-order chi connectivity index (χ1) is 14.5. The van der Waals surface area contributed by atoms with Gasteiger partial charge in [-0.2, -0.15) is 13.2 Å². The Labute approximate surface area is 170 Å². The number of para-hydroxylation sites is 1. The number of nitrogens with zero attached hydrogens (tertiary/aromatic N) is 2. The molecule has 1 unspecified atom stereocenters. The third kappa shape index (κ3) is 3.77. The minimum Gasteiger partial charge on any atom is -0.491 e. The van der Waals surface area contributed by atoms with Crippen LogP contribution < -0.4 is 9.72 Å².